The highest BCUT2D eigenvalue weighted by molar-refractivity contribution is 14.2. The summed E-state index contributed by atoms with van der Waals surface area (Å²) in [6.07, 6.45) is 2.87. The first-order valence-electron chi connectivity index (χ1n) is 6.30. The maximum absolute atomic E-state index is 11.9. The Balaban J connectivity index is 2.39. The minimum absolute atomic E-state index is 0.104. The fraction of sp³-hybridized carbons (Fsp3) is 0.667. The van der Waals surface area contributed by atoms with Crippen molar-refractivity contribution in [3.8, 4) is 0 Å². The van der Waals surface area contributed by atoms with Gasteiger partial charge >= 0.3 is 5.97 Å². The molecule has 1 aromatic rings. The van der Waals surface area contributed by atoms with E-state index in [1.165, 1.54) is 0 Å². The van der Waals surface area contributed by atoms with Crippen molar-refractivity contribution < 1.29 is 14.6 Å². The van der Waals surface area contributed by atoms with E-state index in [4.69, 9.17) is 4.74 Å². The van der Waals surface area contributed by atoms with E-state index in [2.05, 4.69) is 34.1 Å². The SMILES string of the molecule is CCOC(=O)c1nn(PI)c2c1CCC(C)(CO)C2. The fourth-order valence-corrected chi connectivity index (χ4v) is 4.07. The van der Waals surface area contributed by atoms with E-state index in [9.17, 15) is 9.90 Å². The molecular formula is C12H18IN2O3P. The number of aliphatic hydroxyl groups excluding tert-OH is 1. The zero-order valence-corrected chi connectivity index (χ0v) is 14.2. The molecule has 7 heteroatoms. The lowest BCUT2D eigenvalue weighted by Gasteiger charge is -2.31. The lowest BCUT2D eigenvalue weighted by atomic mass is 9.75. The molecule has 1 aromatic heterocycles. The summed E-state index contributed by atoms with van der Waals surface area (Å²) in [5, 5.41) is 13.9. The maximum Gasteiger partial charge on any atom is 0.359 e. The van der Waals surface area contributed by atoms with Gasteiger partial charge in [0.1, 0.15) is 0 Å². The van der Waals surface area contributed by atoms with Crippen molar-refractivity contribution in [1.82, 2.24) is 9.55 Å². The number of rotatable bonds is 4. The molecule has 2 rings (SSSR count). The lowest BCUT2D eigenvalue weighted by molar-refractivity contribution is 0.0517. The van der Waals surface area contributed by atoms with Crippen molar-refractivity contribution in [1.29, 1.82) is 0 Å². The Morgan fingerprint density at radius 2 is 2.42 bits per heavy atom. The zero-order valence-electron chi connectivity index (χ0n) is 11.1. The van der Waals surface area contributed by atoms with E-state index in [1.54, 1.807) is 6.92 Å². The number of hydrogen-bond donors (Lipinski definition) is 1. The second kappa shape index (κ2) is 6.06. The molecule has 0 fully saturated rings. The normalized spacial score (nSPS) is 22.7. The van der Waals surface area contributed by atoms with Crippen LogP contribution in [0.1, 0.15) is 42.0 Å². The van der Waals surface area contributed by atoms with Gasteiger partial charge < -0.3 is 9.84 Å². The van der Waals surface area contributed by atoms with Crippen LogP contribution in [0.5, 0.6) is 0 Å². The Morgan fingerprint density at radius 1 is 1.68 bits per heavy atom. The van der Waals surface area contributed by atoms with E-state index < -0.39 is 0 Å². The Hall–Kier alpha value is -0.200. The zero-order chi connectivity index (χ0) is 14.0. The van der Waals surface area contributed by atoms with Crippen molar-refractivity contribution >= 4 is 34.4 Å². The second-order valence-electron chi connectivity index (χ2n) is 5.14. The van der Waals surface area contributed by atoms with Crippen LogP contribution in [0, 0.1) is 5.41 Å². The highest BCUT2D eigenvalue weighted by atomic mass is 127. The molecule has 2 unspecified atom stereocenters. The molecule has 1 aliphatic carbocycles. The molecule has 1 aliphatic rings. The summed E-state index contributed by atoms with van der Waals surface area (Å²) in [4.78, 5) is 11.9. The number of carbonyl (C=O) groups is 1. The minimum Gasteiger partial charge on any atom is -0.461 e. The van der Waals surface area contributed by atoms with Crippen LogP contribution < -0.4 is 0 Å². The number of aromatic nitrogens is 2. The first kappa shape index (κ1) is 15.2. The summed E-state index contributed by atoms with van der Waals surface area (Å²) in [6.45, 7) is 4.40. The fourth-order valence-electron chi connectivity index (χ4n) is 2.42. The highest BCUT2D eigenvalue weighted by Gasteiger charge is 2.35. The molecule has 0 aromatic carbocycles. The Kier molecular flexibility index (Phi) is 4.84. The van der Waals surface area contributed by atoms with Crippen LogP contribution >= 0.6 is 28.4 Å². The van der Waals surface area contributed by atoms with Gasteiger partial charge in [-0.15, -0.1) is 0 Å². The standard InChI is InChI=1S/C12H18IN2O3P/c1-3-18-11(17)10-8-4-5-12(2,7-16)6-9(8)15(14-10)19-13/h16,19H,3-7H2,1-2H3. The maximum atomic E-state index is 11.9. The van der Waals surface area contributed by atoms with Crippen LogP contribution in [0.4, 0.5) is 0 Å². The van der Waals surface area contributed by atoms with Gasteiger partial charge in [0.25, 0.3) is 0 Å². The third-order valence-electron chi connectivity index (χ3n) is 3.59. The number of carbonyl (C=O) groups excluding carboxylic acids is 1. The highest BCUT2D eigenvalue weighted by Crippen LogP contribution is 2.39. The quantitative estimate of drug-likeness (QED) is 0.482. The summed E-state index contributed by atoms with van der Waals surface area (Å²) in [7, 11) is 0. The molecule has 0 radical (unpaired) electrons. The number of esters is 1. The molecule has 0 amide bonds. The molecule has 5 nitrogen and oxygen atoms in total. The number of fused-ring (bicyclic) bond motifs is 1. The summed E-state index contributed by atoms with van der Waals surface area (Å²) in [5.74, 6) is -0.334. The van der Waals surface area contributed by atoms with Crippen LogP contribution in [-0.4, -0.2) is 33.8 Å². The number of nitrogens with zero attached hydrogens (tertiary/aromatic N) is 2. The molecule has 0 aliphatic heterocycles. The largest absolute Gasteiger partial charge is 0.461 e. The summed E-state index contributed by atoms with van der Waals surface area (Å²) in [6, 6.07) is 0. The topological polar surface area (TPSA) is 64.3 Å². The molecular weight excluding hydrogens is 378 g/mol. The van der Waals surface area contributed by atoms with E-state index in [0.717, 1.165) is 30.5 Å². The molecule has 1 N–H and O–H groups in total. The Labute approximate surface area is 127 Å². The van der Waals surface area contributed by atoms with Crippen molar-refractivity contribution in [2.24, 2.45) is 5.41 Å². The van der Waals surface area contributed by atoms with Crippen LogP contribution in [0.25, 0.3) is 0 Å². The predicted molar refractivity (Wildman–Crippen MR) is 83.1 cm³/mol. The van der Waals surface area contributed by atoms with Gasteiger partial charge in [0.05, 0.1) is 13.0 Å². The number of hydrogen-bond acceptors (Lipinski definition) is 4. The Bertz CT molecular complexity index is 492. The van der Waals surface area contributed by atoms with Crippen LogP contribution in [0.2, 0.25) is 0 Å². The van der Waals surface area contributed by atoms with Gasteiger partial charge in [-0.2, -0.15) is 5.10 Å². The van der Waals surface area contributed by atoms with Gasteiger partial charge in [0.2, 0.25) is 0 Å². The minimum atomic E-state index is -0.334. The third kappa shape index (κ3) is 2.95. The number of ether oxygens (including phenoxy) is 1. The third-order valence-corrected chi connectivity index (χ3v) is 5.49. The van der Waals surface area contributed by atoms with Gasteiger partial charge in [-0.3, -0.25) is 0 Å². The van der Waals surface area contributed by atoms with E-state index in [1.807, 2.05) is 4.45 Å². The molecule has 106 valence electrons. The molecule has 1 heterocycles. The van der Waals surface area contributed by atoms with E-state index in [0.29, 0.717) is 18.7 Å². The van der Waals surface area contributed by atoms with Crippen molar-refractivity contribution in [2.75, 3.05) is 13.2 Å². The van der Waals surface area contributed by atoms with Crippen molar-refractivity contribution in [3.63, 3.8) is 0 Å². The molecule has 0 spiro atoms. The number of aliphatic hydroxyl groups is 1. The van der Waals surface area contributed by atoms with Gasteiger partial charge in [0.15, 0.2) is 5.69 Å². The second-order valence-corrected chi connectivity index (χ2v) is 7.18. The first-order valence-corrected chi connectivity index (χ1v) is 10.4. The van der Waals surface area contributed by atoms with Gasteiger partial charge in [-0.25, -0.2) is 9.25 Å². The van der Waals surface area contributed by atoms with Crippen LogP contribution in [-0.2, 0) is 17.6 Å². The van der Waals surface area contributed by atoms with Crippen molar-refractivity contribution in [2.45, 2.75) is 33.1 Å². The first-order chi connectivity index (χ1) is 9.04. The Morgan fingerprint density at radius 3 is 3.00 bits per heavy atom. The average Bonchev–Trinajstić information content (AvgIpc) is 2.76. The summed E-state index contributed by atoms with van der Waals surface area (Å²) >= 11 is 2.26. The summed E-state index contributed by atoms with van der Waals surface area (Å²) < 4.78 is 6.95. The molecule has 0 saturated heterocycles. The van der Waals surface area contributed by atoms with Crippen LogP contribution in [0.15, 0.2) is 0 Å². The van der Waals surface area contributed by atoms with Gasteiger partial charge in [0, 0.05) is 17.9 Å². The van der Waals surface area contributed by atoms with E-state index >= 15 is 0 Å². The molecule has 0 bridgehead atoms. The van der Waals surface area contributed by atoms with Crippen molar-refractivity contribution in [3.05, 3.63) is 17.0 Å². The molecule has 2 atom stereocenters. The summed E-state index contributed by atoms with van der Waals surface area (Å²) in [5.41, 5.74) is 2.45. The lowest BCUT2D eigenvalue weighted by Crippen LogP contribution is -2.30. The predicted octanol–water partition coefficient (Wildman–Crippen LogP) is 2.34. The molecule has 0 saturated carbocycles. The van der Waals surface area contributed by atoms with E-state index in [-0.39, 0.29) is 18.0 Å². The smallest absolute Gasteiger partial charge is 0.359 e. The monoisotopic (exact) mass is 396 g/mol. The molecule has 19 heavy (non-hydrogen) atoms. The van der Waals surface area contributed by atoms with Gasteiger partial charge in [-0.1, -0.05) is 6.92 Å². The number of halogens is 1. The van der Waals surface area contributed by atoms with Gasteiger partial charge in [-0.05, 0) is 53.6 Å². The average molecular weight is 396 g/mol. The van der Waals surface area contributed by atoms with Crippen LogP contribution in [0.3, 0.4) is 0 Å².